The molecule has 1 aliphatic heterocycles. The van der Waals surface area contributed by atoms with Crippen LogP contribution in [-0.2, 0) is 14.8 Å². The summed E-state index contributed by atoms with van der Waals surface area (Å²) < 4.78 is 46.6. The van der Waals surface area contributed by atoms with Gasteiger partial charge in [-0.3, -0.25) is 4.79 Å². The number of carbonyl (C=O) groups is 1. The van der Waals surface area contributed by atoms with E-state index < -0.39 is 27.9 Å². The van der Waals surface area contributed by atoms with Gasteiger partial charge in [-0.25, -0.2) is 12.8 Å². The molecule has 1 heterocycles. The molecular weight excluding hydrogens is 463 g/mol. The molecule has 0 radical (unpaired) electrons. The van der Waals surface area contributed by atoms with Gasteiger partial charge in [0.1, 0.15) is 0 Å². The summed E-state index contributed by atoms with van der Waals surface area (Å²) in [4.78, 5) is 12.5. The Balaban J connectivity index is 1.63. The Kier molecular flexibility index (Phi) is 6.92. The number of amides is 1. The molecular formula is C20H22BrFN2O4S. The largest absolute Gasteiger partial charge is 0.478 e. The highest BCUT2D eigenvalue weighted by Crippen LogP contribution is 2.24. The van der Waals surface area contributed by atoms with Gasteiger partial charge in [0, 0.05) is 23.2 Å². The van der Waals surface area contributed by atoms with Gasteiger partial charge in [-0.15, -0.1) is 0 Å². The molecule has 9 heteroatoms. The molecule has 0 aromatic heterocycles. The Hall–Kier alpha value is -1.97. The van der Waals surface area contributed by atoms with Gasteiger partial charge in [0.2, 0.25) is 10.0 Å². The minimum absolute atomic E-state index is 0.0289. The van der Waals surface area contributed by atoms with Gasteiger partial charge in [-0.05, 0) is 62.2 Å². The van der Waals surface area contributed by atoms with Gasteiger partial charge in [0.05, 0.1) is 4.90 Å². The second-order valence-electron chi connectivity index (χ2n) is 6.81. The van der Waals surface area contributed by atoms with E-state index in [1.807, 2.05) is 0 Å². The van der Waals surface area contributed by atoms with E-state index >= 15 is 0 Å². The van der Waals surface area contributed by atoms with E-state index in [0.29, 0.717) is 23.2 Å². The van der Waals surface area contributed by atoms with Crippen LogP contribution >= 0.6 is 15.9 Å². The third kappa shape index (κ3) is 5.34. The van der Waals surface area contributed by atoms with Crippen molar-refractivity contribution in [3.8, 4) is 5.75 Å². The van der Waals surface area contributed by atoms with Crippen LogP contribution in [0.3, 0.4) is 0 Å². The Morgan fingerprint density at radius 1 is 1.14 bits per heavy atom. The minimum atomic E-state index is -3.52. The Morgan fingerprint density at radius 3 is 2.41 bits per heavy atom. The highest BCUT2D eigenvalue weighted by Gasteiger charge is 2.26. The molecule has 6 nitrogen and oxygen atoms in total. The zero-order chi connectivity index (χ0) is 21.0. The fourth-order valence-corrected chi connectivity index (χ4v) is 4.87. The number of piperidine rings is 1. The van der Waals surface area contributed by atoms with Crippen molar-refractivity contribution in [2.75, 3.05) is 18.4 Å². The second-order valence-corrected chi connectivity index (χ2v) is 9.67. The summed E-state index contributed by atoms with van der Waals surface area (Å²) in [6.45, 7) is 2.57. The third-order valence-corrected chi connectivity index (χ3v) is 7.05. The van der Waals surface area contributed by atoms with Crippen molar-refractivity contribution in [2.45, 2.75) is 37.2 Å². The molecule has 1 N–H and O–H groups in total. The molecule has 0 saturated carbocycles. The van der Waals surface area contributed by atoms with Gasteiger partial charge < -0.3 is 10.1 Å². The maximum atomic E-state index is 13.9. The third-order valence-electron chi connectivity index (χ3n) is 4.64. The normalized spacial score (nSPS) is 16.2. The molecule has 1 saturated heterocycles. The molecule has 1 aliphatic rings. The number of halogens is 2. The Bertz CT molecular complexity index is 976. The first kappa shape index (κ1) is 21.7. The fourth-order valence-electron chi connectivity index (χ4n) is 3.02. The van der Waals surface area contributed by atoms with E-state index in [2.05, 4.69) is 21.2 Å². The summed E-state index contributed by atoms with van der Waals surface area (Å²) in [6.07, 6.45) is 1.83. The molecule has 2 aromatic carbocycles. The average Bonchev–Trinajstić information content (AvgIpc) is 2.71. The number of carbonyl (C=O) groups excluding carboxylic acids is 1. The van der Waals surface area contributed by atoms with Crippen molar-refractivity contribution < 1.29 is 22.3 Å². The lowest BCUT2D eigenvalue weighted by Crippen LogP contribution is -2.35. The van der Waals surface area contributed by atoms with E-state index in [1.165, 1.54) is 47.6 Å². The fraction of sp³-hybridized carbons (Fsp3) is 0.350. The number of nitrogens with one attached hydrogen (secondary N) is 1. The van der Waals surface area contributed by atoms with Crippen molar-refractivity contribution in [2.24, 2.45) is 0 Å². The first-order chi connectivity index (χ1) is 13.8. The molecule has 1 amide bonds. The first-order valence-corrected chi connectivity index (χ1v) is 11.5. The van der Waals surface area contributed by atoms with E-state index in [4.69, 9.17) is 4.74 Å². The maximum absolute atomic E-state index is 13.9. The van der Waals surface area contributed by atoms with Gasteiger partial charge in [-0.1, -0.05) is 22.4 Å². The van der Waals surface area contributed by atoms with Crippen LogP contribution < -0.4 is 10.1 Å². The summed E-state index contributed by atoms with van der Waals surface area (Å²) in [5.41, 5.74) is 0.430. The molecule has 29 heavy (non-hydrogen) atoms. The number of anilines is 1. The van der Waals surface area contributed by atoms with Gasteiger partial charge in [0.25, 0.3) is 5.91 Å². The first-order valence-electron chi connectivity index (χ1n) is 9.30. The smallest absolute Gasteiger partial charge is 0.265 e. The van der Waals surface area contributed by atoms with Gasteiger partial charge >= 0.3 is 0 Å². The lowest BCUT2D eigenvalue weighted by Gasteiger charge is -2.25. The summed E-state index contributed by atoms with van der Waals surface area (Å²) in [5.74, 6) is -1.08. The molecule has 3 rings (SSSR count). The maximum Gasteiger partial charge on any atom is 0.265 e. The summed E-state index contributed by atoms with van der Waals surface area (Å²) in [6, 6.07) is 10.3. The number of hydrogen-bond donors (Lipinski definition) is 1. The van der Waals surface area contributed by atoms with Crippen molar-refractivity contribution in [3.63, 3.8) is 0 Å². The Morgan fingerprint density at radius 2 is 1.79 bits per heavy atom. The lowest BCUT2D eigenvalue weighted by molar-refractivity contribution is -0.122. The lowest BCUT2D eigenvalue weighted by atomic mass is 10.2. The molecule has 1 unspecified atom stereocenters. The number of ether oxygens (including phenoxy) is 1. The zero-order valence-electron chi connectivity index (χ0n) is 15.9. The summed E-state index contributed by atoms with van der Waals surface area (Å²) in [7, 11) is -3.52. The standard InChI is InChI=1S/C20H22BrFN2O4S/c1-14(28-19-10-5-15(21)13-18(19)22)20(25)23-16-6-8-17(9-7-16)29(26,27)24-11-3-2-4-12-24/h5-10,13-14H,2-4,11-12H2,1H3,(H,23,25). The van der Waals surface area contributed by atoms with Crippen LogP contribution in [0, 0.1) is 5.82 Å². The van der Waals surface area contributed by atoms with E-state index in [-0.39, 0.29) is 10.6 Å². The number of rotatable bonds is 6. The van der Waals surface area contributed by atoms with Crippen molar-refractivity contribution in [1.29, 1.82) is 0 Å². The van der Waals surface area contributed by atoms with Gasteiger partial charge in [-0.2, -0.15) is 4.31 Å². The van der Waals surface area contributed by atoms with E-state index in [9.17, 15) is 17.6 Å². The molecule has 0 aliphatic carbocycles. The summed E-state index contributed by atoms with van der Waals surface area (Å²) >= 11 is 3.16. The monoisotopic (exact) mass is 484 g/mol. The van der Waals surface area contributed by atoms with Crippen LogP contribution in [0.4, 0.5) is 10.1 Å². The topological polar surface area (TPSA) is 75.7 Å². The Labute approximate surface area is 178 Å². The molecule has 0 bridgehead atoms. The van der Waals surface area contributed by atoms with Crippen molar-refractivity contribution in [1.82, 2.24) is 4.31 Å². The number of nitrogens with zero attached hydrogens (tertiary/aromatic N) is 1. The molecule has 2 aromatic rings. The predicted octanol–water partition coefficient (Wildman–Crippen LogP) is 4.17. The molecule has 1 fully saturated rings. The SMILES string of the molecule is CC(Oc1ccc(Br)cc1F)C(=O)Nc1ccc(S(=O)(=O)N2CCCCC2)cc1. The van der Waals surface area contributed by atoms with Crippen LogP contribution in [-0.4, -0.2) is 37.8 Å². The number of sulfonamides is 1. The molecule has 156 valence electrons. The highest BCUT2D eigenvalue weighted by atomic mass is 79.9. The van der Waals surface area contributed by atoms with Crippen LogP contribution in [0.25, 0.3) is 0 Å². The molecule has 1 atom stereocenters. The predicted molar refractivity (Wildman–Crippen MR) is 112 cm³/mol. The van der Waals surface area contributed by atoms with E-state index in [1.54, 1.807) is 6.07 Å². The quantitative estimate of drug-likeness (QED) is 0.667. The number of hydrogen-bond acceptors (Lipinski definition) is 4. The van der Waals surface area contributed by atoms with E-state index in [0.717, 1.165) is 19.3 Å². The zero-order valence-corrected chi connectivity index (χ0v) is 18.3. The second kappa shape index (κ2) is 9.23. The number of benzene rings is 2. The molecule has 0 spiro atoms. The minimum Gasteiger partial charge on any atom is -0.478 e. The summed E-state index contributed by atoms with van der Waals surface area (Å²) in [5, 5.41) is 2.65. The van der Waals surface area contributed by atoms with Crippen LogP contribution in [0.15, 0.2) is 51.8 Å². The highest BCUT2D eigenvalue weighted by molar-refractivity contribution is 9.10. The van der Waals surface area contributed by atoms with Gasteiger partial charge in [0.15, 0.2) is 17.7 Å². The van der Waals surface area contributed by atoms with Crippen molar-refractivity contribution in [3.05, 3.63) is 52.8 Å². The van der Waals surface area contributed by atoms with Crippen molar-refractivity contribution >= 4 is 37.5 Å². The van der Waals surface area contributed by atoms with Crippen LogP contribution in [0.2, 0.25) is 0 Å². The van der Waals surface area contributed by atoms with Crippen LogP contribution in [0.1, 0.15) is 26.2 Å². The van der Waals surface area contributed by atoms with Crippen LogP contribution in [0.5, 0.6) is 5.75 Å². The average molecular weight is 485 g/mol.